The summed E-state index contributed by atoms with van der Waals surface area (Å²) in [6, 6.07) is 14.4. The van der Waals surface area contributed by atoms with Crippen LogP contribution in [0.5, 0.6) is 5.75 Å². The summed E-state index contributed by atoms with van der Waals surface area (Å²) in [7, 11) is 10.4. The topological polar surface area (TPSA) is 26.3 Å². The van der Waals surface area contributed by atoms with Crippen LogP contribution in [0.2, 0.25) is 5.02 Å². The lowest BCUT2D eigenvalue weighted by molar-refractivity contribution is -1.04. The lowest BCUT2D eigenvalue weighted by atomic mass is 9.85. The molecular formula is C25H35ClN3O2+3. The molecule has 2 aromatic rings. The third-order valence-corrected chi connectivity index (χ3v) is 7.79. The molecule has 0 bridgehead atoms. The van der Waals surface area contributed by atoms with E-state index in [1.807, 2.05) is 13.1 Å². The minimum absolute atomic E-state index is 0.00604. The minimum Gasteiger partial charge on any atom is -0.322 e. The Hall–Kier alpha value is -1.92. The molecule has 31 heavy (non-hydrogen) atoms. The van der Waals surface area contributed by atoms with Gasteiger partial charge >= 0.3 is 5.91 Å². The Kier molecular flexibility index (Phi) is 5.25. The van der Waals surface area contributed by atoms with Crippen molar-refractivity contribution in [2.24, 2.45) is 0 Å². The molecule has 2 aliphatic rings. The minimum atomic E-state index is -0.284. The summed E-state index contributed by atoms with van der Waals surface area (Å²) in [6.07, 6.45) is 1.84. The molecule has 0 aromatic heterocycles. The van der Waals surface area contributed by atoms with Crippen LogP contribution in [-0.4, -0.2) is 68.9 Å². The highest BCUT2D eigenvalue weighted by Crippen LogP contribution is 2.46. The molecule has 0 spiro atoms. The van der Waals surface area contributed by atoms with E-state index in [-0.39, 0.29) is 16.1 Å². The fourth-order valence-corrected chi connectivity index (χ4v) is 5.41. The number of likely N-dealkylation sites (tertiary alicyclic amines) is 1. The fraction of sp³-hybridized carbons (Fsp3) is 0.480. The SMILES string of the molecule is CC1([N+]2(C)Oc3cc([N+](C)(C)C)c(Cl)cc3C2=O)CC[N+](C)(Cc2ccccc2)CC1. The summed E-state index contributed by atoms with van der Waals surface area (Å²) < 4.78 is 1.52. The van der Waals surface area contributed by atoms with Crippen LogP contribution in [0.3, 0.4) is 0 Å². The molecule has 166 valence electrons. The Morgan fingerprint density at radius 2 is 1.68 bits per heavy atom. The number of carbonyl (C=O) groups excluding carboxylic acids is 1. The molecule has 2 aromatic carbocycles. The van der Waals surface area contributed by atoms with Crippen LogP contribution in [0, 0.1) is 0 Å². The van der Waals surface area contributed by atoms with E-state index in [4.69, 9.17) is 16.4 Å². The van der Waals surface area contributed by atoms with Gasteiger partial charge in [-0.25, -0.2) is 4.79 Å². The van der Waals surface area contributed by atoms with Gasteiger partial charge in [0.2, 0.25) is 5.75 Å². The van der Waals surface area contributed by atoms with Gasteiger partial charge in [0, 0.05) is 5.56 Å². The number of hydrogen-bond acceptors (Lipinski definition) is 2. The zero-order valence-corrected chi connectivity index (χ0v) is 20.4. The molecule has 0 radical (unpaired) electrons. The van der Waals surface area contributed by atoms with Gasteiger partial charge in [-0.05, 0) is 13.0 Å². The van der Waals surface area contributed by atoms with E-state index in [0.29, 0.717) is 20.8 Å². The monoisotopic (exact) mass is 444 g/mol. The summed E-state index contributed by atoms with van der Waals surface area (Å²) >= 11 is 6.55. The number of nitrogens with zero attached hydrogens (tertiary/aromatic N) is 3. The van der Waals surface area contributed by atoms with Crippen molar-refractivity contribution in [3.05, 3.63) is 58.6 Å². The van der Waals surface area contributed by atoms with E-state index in [1.165, 1.54) is 5.56 Å². The zero-order valence-electron chi connectivity index (χ0n) is 19.6. The first-order valence-corrected chi connectivity index (χ1v) is 11.4. The highest BCUT2D eigenvalue weighted by atomic mass is 35.5. The van der Waals surface area contributed by atoms with Gasteiger partial charge in [-0.3, -0.25) is 4.48 Å². The highest BCUT2D eigenvalue weighted by Gasteiger charge is 2.61. The van der Waals surface area contributed by atoms with Crippen LogP contribution in [0.25, 0.3) is 0 Å². The van der Waals surface area contributed by atoms with Gasteiger partial charge in [0.05, 0.1) is 60.2 Å². The molecule has 1 unspecified atom stereocenters. The van der Waals surface area contributed by atoms with Gasteiger partial charge in [-0.1, -0.05) is 46.6 Å². The van der Waals surface area contributed by atoms with Crippen molar-refractivity contribution in [2.45, 2.75) is 31.8 Å². The smallest absolute Gasteiger partial charge is 0.322 e. The lowest BCUT2D eigenvalue weighted by Crippen LogP contribution is -2.68. The second-order valence-electron chi connectivity index (χ2n) is 10.8. The first-order valence-electron chi connectivity index (χ1n) is 11.0. The number of piperidine rings is 1. The molecule has 1 atom stereocenters. The van der Waals surface area contributed by atoms with Crippen molar-refractivity contribution < 1.29 is 18.8 Å². The van der Waals surface area contributed by atoms with Crippen LogP contribution >= 0.6 is 11.6 Å². The number of hydrogen-bond donors (Lipinski definition) is 0. The Morgan fingerprint density at radius 1 is 1.06 bits per heavy atom. The van der Waals surface area contributed by atoms with Crippen molar-refractivity contribution in [2.75, 3.05) is 48.3 Å². The van der Waals surface area contributed by atoms with Crippen LogP contribution < -0.4 is 9.32 Å². The molecule has 6 heteroatoms. The fourth-order valence-electron chi connectivity index (χ4n) is 4.99. The number of amides is 1. The van der Waals surface area contributed by atoms with Crippen LogP contribution in [0.4, 0.5) is 5.69 Å². The van der Waals surface area contributed by atoms with Gasteiger partial charge in [0.1, 0.15) is 24.2 Å². The number of benzene rings is 2. The van der Waals surface area contributed by atoms with E-state index in [1.54, 1.807) is 6.07 Å². The Labute approximate surface area is 191 Å². The predicted molar refractivity (Wildman–Crippen MR) is 126 cm³/mol. The average molecular weight is 445 g/mol. The van der Waals surface area contributed by atoms with Crippen LogP contribution in [0.15, 0.2) is 42.5 Å². The number of hydroxylamine groups is 3. The van der Waals surface area contributed by atoms with E-state index < -0.39 is 0 Å². The standard InChI is InChI=1S/C25H35ClN3O2/c1-25(12-14-28(5,15-13-25)18-19-10-8-7-9-11-19)29(6)24(30)20-16-21(26)22(27(2,3)4)17-23(20)31-29/h7-11,16-17H,12-15,18H2,1-6H3/q+3. The van der Waals surface area contributed by atoms with Crippen molar-refractivity contribution in [1.29, 1.82) is 0 Å². The maximum absolute atomic E-state index is 13.6. The maximum atomic E-state index is 13.6. The Bertz CT molecular complexity index is 1010. The second kappa shape index (κ2) is 7.31. The lowest BCUT2D eigenvalue weighted by Gasteiger charge is -2.48. The molecule has 5 nitrogen and oxygen atoms in total. The maximum Gasteiger partial charge on any atom is 0.391 e. The molecule has 2 heterocycles. The number of carbonyl (C=O) groups is 1. The van der Waals surface area contributed by atoms with E-state index >= 15 is 0 Å². The Balaban J connectivity index is 1.57. The van der Waals surface area contributed by atoms with Crippen molar-refractivity contribution >= 4 is 23.2 Å². The molecule has 0 aliphatic carbocycles. The molecule has 0 saturated carbocycles. The molecule has 1 fully saturated rings. The third-order valence-electron chi connectivity index (χ3n) is 7.49. The summed E-state index contributed by atoms with van der Waals surface area (Å²) in [5, 5.41) is 0.609. The van der Waals surface area contributed by atoms with Gasteiger partial charge in [0.15, 0.2) is 11.2 Å². The van der Waals surface area contributed by atoms with Gasteiger partial charge in [0.25, 0.3) is 0 Å². The van der Waals surface area contributed by atoms with Crippen molar-refractivity contribution in [1.82, 2.24) is 4.48 Å². The normalized spacial score (nSPS) is 30.7. The van der Waals surface area contributed by atoms with E-state index in [0.717, 1.165) is 42.6 Å². The molecule has 4 rings (SSSR count). The highest BCUT2D eigenvalue weighted by molar-refractivity contribution is 6.33. The first-order chi connectivity index (χ1) is 14.4. The number of fused-ring (bicyclic) bond motifs is 1. The van der Waals surface area contributed by atoms with E-state index in [9.17, 15) is 4.79 Å². The molecule has 0 N–H and O–H groups in total. The van der Waals surface area contributed by atoms with Gasteiger partial charge < -0.3 is 9.32 Å². The zero-order chi connectivity index (χ0) is 22.7. The molecule has 1 saturated heterocycles. The van der Waals surface area contributed by atoms with Gasteiger partial charge in [-0.15, -0.1) is 0 Å². The molecular weight excluding hydrogens is 410 g/mol. The summed E-state index contributed by atoms with van der Waals surface area (Å²) in [5.41, 5.74) is 2.62. The number of quaternary nitrogens is 3. The largest absolute Gasteiger partial charge is 0.391 e. The summed E-state index contributed by atoms with van der Waals surface area (Å²) in [6.45, 7) is 5.23. The number of halogens is 1. The molecule has 1 amide bonds. The Morgan fingerprint density at radius 3 is 2.26 bits per heavy atom. The van der Waals surface area contributed by atoms with E-state index in [2.05, 4.69) is 65.4 Å². The quantitative estimate of drug-likeness (QED) is 0.642. The van der Waals surface area contributed by atoms with Crippen molar-refractivity contribution in [3.63, 3.8) is 0 Å². The molecule has 2 aliphatic heterocycles. The van der Waals surface area contributed by atoms with Gasteiger partial charge in [-0.2, -0.15) is 0 Å². The average Bonchev–Trinajstić information content (AvgIpc) is 2.96. The second-order valence-corrected chi connectivity index (χ2v) is 11.2. The van der Waals surface area contributed by atoms with Crippen LogP contribution in [0.1, 0.15) is 35.7 Å². The summed E-state index contributed by atoms with van der Waals surface area (Å²) in [4.78, 5) is 20.0. The summed E-state index contributed by atoms with van der Waals surface area (Å²) in [5.74, 6) is 0.653. The third kappa shape index (κ3) is 3.78. The van der Waals surface area contributed by atoms with Crippen molar-refractivity contribution in [3.8, 4) is 5.75 Å². The first kappa shape index (κ1) is 22.3. The predicted octanol–water partition coefficient (Wildman–Crippen LogP) is 4.63. The van der Waals surface area contributed by atoms with Crippen LogP contribution in [-0.2, 0) is 6.54 Å². The number of rotatable bonds is 4.